The SMILES string of the molecule is C=CCN(Cc1csc(COc2ccc(OC)cc2)n1)C(=O)COC. The third kappa shape index (κ3) is 5.88. The van der Waals surface area contributed by atoms with Crippen LogP contribution in [0.5, 0.6) is 11.5 Å². The number of rotatable bonds is 10. The molecule has 2 rings (SSSR count). The Morgan fingerprint density at radius 3 is 2.64 bits per heavy atom. The van der Waals surface area contributed by atoms with Crippen LogP contribution in [0.4, 0.5) is 0 Å². The molecule has 0 aliphatic carbocycles. The summed E-state index contributed by atoms with van der Waals surface area (Å²) in [4.78, 5) is 18.2. The van der Waals surface area contributed by atoms with Gasteiger partial charge in [-0.25, -0.2) is 4.98 Å². The number of aromatic nitrogens is 1. The molecule has 7 heteroatoms. The quantitative estimate of drug-likeness (QED) is 0.608. The molecule has 2 aromatic rings. The van der Waals surface area contributed by atoms with Gasteiger partial charge in [-0.15, -0.1) is 17.9 Å². The third-order valence-corrected chi connectivity index (χ3v) is 4.22. The molecule has 134 valence electrons. The Morgan fingerprint density at radius 2 is 2.00 bits per heavy atom. The van der Waals surface area contributed by atoms with Gasteiger partial charge in [-0.1, -0.05) is 6.08 Å². The number of amides is 1. The zero-order valence-corrected chi connectivity index (χ0v) is 15.3. The highest BCUT2D eigenvalue weighted by Crippen LogP contribution is 2.19. The first kappa shape index (κ1) is 19.0. The molecule has 1 amide bonds. The fourth-order valence-electron chi connectivity index (χ4n) is 2.13. The third-order valence-electron chi connectivity index (χ3n) is 3.34. The lowest BCUT2D eigenvalue weighted by Crippen LogP contribution is -2.33. The number of methoxy groups -OCH3 is 2. The number of nitrogens with zero attached hydrogens (tertiary/aromatic N) is 2. The molecule has 0 aliphatic heterocycles. The molecule has 25 heavy (non-hydrogen) atoms. The summed E-state index contributed by atoms with van der Waals surface area (Å²) in [6.45, 7) is 4.99. The maximum absolute atomic E-state index is 12.0. The predicted molar refractivity (Wildman–Crippen MR) is 96.9 cm³/mol. The molecular formula is C18H22N2O4S. The second-order valence-electron chi connectivity index (χ2n) is 5.19. The van der Waals surface area contributed by atoms with Crippen LogP contribution < -0.4 is 9.47 Å². The monoisotopic (exact) mass is 362 g/mol. The van der Waals surface area contributed by atoms with E-state index in [1.165, 1.54) is 18.4 Å². The van der Waals surface area contributed by atoms with Gasteiger partial charge >= 0.3 is 0 Å². The number of thiazole rings is 1. The van der Waals surface area contributed by atoms with E-state index in [1.807, 2.05) is 29.6 Å². The lowest BCUT2D eigenvalue weighted by Gasteiger charge is -2.19. The average Bonchev–Trinajstić information content (AvgIpc) is 3.08. The molecular weight excluding hydrogens is 340 g/mol. The molecule has 0 unspecified atom stereocenters. The highest BCUT2D eigenvalue weighted by molar-refractivity contribution is 7.09. The molecule has 6 nitrogen and oxygen atoms in total. The van der Waals surface area contributed by atoms with Crippen molar-refractivity contribution in [3.05, 3.63) is 53.0 Å². The molecule has 0 atom stereocenters. The van der Waals surface area contributed by atoms with Crippen molar-refractivity contribution in [1.29, 1.82) is 0 Å². The topological polar surface area (TPSA) is 60.9 Å². The van der Waals surface area contributed by atoms with Crippen molar-refractivity contribution in [1.82, 2.24) is 9.88 Å². The molecule has 0 saturated carbocycles. The van der Waals surface area contributed by atoms with Crippen molar-refractivity contribution in [2.45, 2.75) is 13.2 Å². The molecule has 1 aromatic carbocycles. The van der Waals surface area contributed by atoms with Crippen molar-refractivity contribution < 1.29 is 19.0 Å². The van der Waals surface area contributed by atoms with Crippen molar-refractivity contribution in [2.24, 2.45) is 0 Å². The Kier molecular flexibility index (Phi) is 7.43. The number of carbonyl (C=O) groups is 1. The van der Waals surface area contributed by atoms with Gasteiger partial charge in [0.2, 0.25) is 5.91 Å². The Morgan fingerprint density at radius 1 is 1.28 bits per heavy atom. The van der Waals surface area contributed by atoms with Crippen molar-refractivity contribution in [3.8, 4) is 11.5 Å². The smallest absolute Gasteiger partial charge is 0.249 e. The molecule has 0 fully saturated rings. The molecule has 1 heterocycles. The highest BCUT2D eigenvalue weighted by Gasteiger charge is 2.14. The first-order chi connectivity index (χ1) is 12.2. The van der Waals surface area contributed by atoms with Gasteiger partial charge in [0.05, 0.1) is 19.3 Å². The van der Waals surface area contributed by atoms with Crippen LogP contribution in [0.2, 0.25) is 0 Å². The van der Waals surface area contributed by atoms with Gasteiger partial charge < -0.3 is 19.1 Å². The van der Waals surface area contributed by atoms with Gasteiger partial charge in [-0.05, 0) is 24.3 Å². The molecule has 0 N–H and O–H groups in total. The second-order valence-corrected chi connectivity index (χ2v) is 6.14. The number of carbonyl (C=O) groups excluding carboxylic acids is 1. The van der Waals surface area contributed by atoms with Crippen molar-refractivity contribution in [2.75, 3.05) is 27.4 Å². The summed E-state index contributed by atoms with van der Waals surface area (Å²) in [7, 11) is 3.13. The van der Waals surface area contributed by atoms with Gasteiger partial charge in [0.1, 0.15) is 29.7 Å². The van der Waals surface area contributed by atoms with E-state index in [4.69, 9.17) is 14.2 Å². The summed E-state index contributed by atoms with van der Waals surface area (Å²) in [6.07, 6.45) is 1.69. The molecule has 0 saturated heterocycles. The van der Waals surface area contributed by atoms with Crippen LogP contribution in [0.25, 0.3) is 0 Å². The first-order valence-corrected chi connectivity index (χ1v) is 8.62. The van der Waals surface area contributed by atoms with E-state index in [0.717, 1.165) is 22.2 Å². The van der Waals surface area contributed by atoms with Crippen molar-refractivity contribution in [3.63, 3.8) is 0 Å². The van der Waals surface area contributed by atoms with Crippen LogP contribution in [0.15, 0.2) is 42.3 Å². The van der Waals surface area contributed by atoms with E-state index >= 15 is 0 Å². The lowest BCUT2D eigenvalue weighted by molar-refractivity contribution is -0.135. The largest absolute Gasteiger partial charge is 0.497 e. The fraction of sp³-hybridized carbons (Fsp3) is 0.333. The molecule has 0 spiro atoms. The zero-order valence-electron chi connectivity index (χ0n) is 14.4. The van der Waals surface area contributed by atoms with E-state index < -0.39 is 0 Å². The minimum Gasteiger partial charge on any atom is -0.497 e. The second kappa shape index (κ2) is 9.80. The summed E-state index contributed by atoms with van der Waals surface area (Å²) in [5.41, 5.74) is 0.824. The van der Waals surface area contributed by atoms with Crippen LogP contribution in [-0.2, 0) is 22.7 Å². The van der Waals surface area contributed by atoms with Gasteiger partial charge in [0.15, 0.2) is 0 Å². The Hall–Kier alpha value is -2.38. The number of hydrogen-bond donors (Lipinski definition) is 0. The summed E-state index contributed by atoms with van der Waals surface area (Å²) in [5.74, 6) is 1.44. The van der Waals surface area contributed by atoms with Gasteiger partial charge in [-0.3, -0.25) is 4.79 Å². The maximum atomic E-state index is 12.0. The maximum Gasteiger partial charge on any atom is 0.249 e. The summed E-state index contributed by atoms with van der Waals surface area (Å²) >= 11 is 1.51. The molecule has 0 aliphatic rings. The minimum atomic E-state index is -0.0913. The Labute approximate surface area is 151 Å². The fourth-order valence-corrected chi connectivity index (χ4v) is 2.82. The minimum absolute atomic E-state index is 0.0470. The Balaban J connectivity index is 1.91. The van der Waals surface area contributed by atoms with Gasteiger partial charge in [0, 0.05) is 19.0 Å². The molecule has 0 radical (unpaired) electrons. The number of benzene rings is 1. The standard InChI is InChI=1S/C18H22N2O4S/c1-4-9-20(18(21)12-22-2)10-14-13-25-17(19-14)11-24-16-7-5-15(23-3)6-8-16/h4-8,13H,1,9-12H2,2-3H3. The zero-order chi connectivity index (χ0) is 18.1. The van der Waals surface area contributed by atoms with E-state index in [9.17, 15) is 4.79 Å². The first-order valence-electron chi connectivity index (χ1n) is 7.74. The van der Waals surface area contributed by atoms with Crippen LogP contribution in [0.3, 0.4) is 0 Å². The average molecular weight is 362 g/mol. The normalized spacial score (nSPS) is 10.3. The summed E-state index contributed by atoms with van der Waals surface area (Å²) in [6, 6.07) is 7.39. The van der Waals surface area contributed by atoms with Gasteiger partial charge in [-0.2, -0.15) is 0 Å². The summed E-state index contributed by atoms with van der Waals surface area (Å²) in [5, 5.41) is 2.78. The highest BCUT2D eigenvalue weighted by atomic mass is 32.1. The van der Waals surface area contributed by atoms with Crippen LogP contribution in [0.1, 0.15) is 10.7 Å². The van der Waals surface area contributed by atoms with Crippen LogP contribution in [-0.4, -0.2) is 43.2 Å². The van der Waals surface area contributed by atoms with E-state index in [1.54, 1.807) is 18.1 Å². The molecule has 1 aromatic heterocycles. The lowest BCUT2D eigenvalue weighted by atomic mass is 10.3. The van der Waals surface area contributed by atoms with E-state index in [-0.39, 0.29) is 12.5 Å². The van der Waals surface area contributed by atoms with E-state index in [0.29, 0.717) is 19.7 Å². The van der Waals surface area contributed by atoms with Crippen molar-refractivity contribution >= 4 is 17.2 Å². The predicted octanol–water partition coefficient (Wildman–Crippen LogP) is 2.89. The van der Waals surface area contributed by atoms with Crippen LogP contribution >= 0.6 is 11.3 Å². The number of hydrogen-bond acceptors (Lipinski definition) is 6. The molecule has 0 bridgehead atoms. The number of ether oxygens (including phenoxy) is 3. The van der Waals surface area contributed by atoms with Gasteiger partial charge in [0.25, 0.3) is 0 Å². The van der Waals surface area contributed by atoms with E-state index in [2.05, 4.69) is 11.6 Å². The van der Waals surface area contributed by atoms with Crippen LogP contribution in [0, 0.1) is 0 Å². The summed E-state index contributed by atoms with van der Waals surface area (Å²) < 4.78 is 15.7. The Bertz CT molecular complexity index is 685.